The smallest absolute Gasteiger partial charge is 0.342 e. The van der Waals surface area contributed by atoms with Crippen LogP contribution in [0.15, 0.2) is 48.5 Å². The lowest BCUT2D eigenvalue weighted by Crippen LogP contribution is -2.30. The van der Waals surface area contributed by atoms with Crippen LogP contribution >= 0.6 is 22.6 Å². The van der Waals surface area contributed by atoms with E-state index in [-0.39, 0.29) is 23.8 Å². The predicted molar refractivity (Wildman–Crippen MR) is 94.0 cm³/mol. The normalized spacial score (nSPS) is 10.2. The summed E-state index contributed by atoms with van der Waals surface area (Å²) in [5.74, 6) is -1.20. The number of carbonyl (C=O) groups is 2. The van der Waals surface area contributed by atoms with E-state index in [1.54, 1.807) is 13.1 Å². The van der Waals surface area contributed by atoms with Crippen molar-refractivity contribution in [3.8, 4) is 5.75 Å². The molecule has 0 radical (unpaired) electrons. The maximum Gasteiger partial charge on any atom is 0.342 e. The number of phenolic OH excluding ortho intramolecular Hbond substituents is 1. The van der Waals surface area contributed by atoms with Gasteiger partial charge in [0.25, 0.3) is 5.91 Å². The highest BCUT2D eigenvalue weighted by Crippen LogP contribution is 2.20. The third kappa shape index (κ3) is 4.95. The molecule has 2 rings (SSSR count). The van der Waals surface area contributed by atoms with Gasteiger partial charge in [-0.1, -0.05) is 30.3 Å². The van der Waals surface area contributed by atoms with Gasteiger partial charge in [0.15, 0.2) is 6.61 Å². The minimum atomic E-state index is -0.720. The third-order valence-electron chi connectivity index (χ3n) is 3.19. The Bertz CT molecular complexity index is 703. The first-order chi connectivity index (χ1) is 11.0. The SMILES string of the molecule is CN(Cc1ccccc1)C(=O)COC(=O)c1cc(I)ccc1O. The van der Waals surface area contributed by atoms with E-state index < -0.39 is 5.97 Å². The molecule has 0 heterocycles. The van der Waals surface area contributed by atoms with E-state index in [4.69, 9.17) is 4.74 Å². The van der Waals surface area contributed by atoms with Gasteiger partial charge in [-0.05, 0) is 46.4 Å². The number of ether oxygens (including phenoxy) is 1. The molecular weight excluding hydrogens is 409 g/mol. The first kappa shape index (κ1) is 17.3. The molecule has 0 aliphatic heterocycles. The van der Waals surface area contributed by atoms with Gasteiger partial charge in [0.1, 0.15) is 11.3 Å². The first-order valence-electron chi connectivity index (χ1n) is 6.91. The number of hydrogen-bond acceptors (Lipinski definition) is 4. The number of amides is 1. The molecule has 1 amide bonds. The van der Waals surface area contributed by atoms with Crippen LogP contribution in [0.25, 0.3) is 0 Å². The molecule has 0 aromatic heterocycles. The minimum Gasteiger partial charge on any atom is -0.507 e. The van der Waals surface area contributed by atoms with Crippen molar-refractivity contribution in [2.45, 2.75) is 6.54 Å². The van der Waals surface area contributed by atoms with Gasteiger partial charge >= 0.3 is 5.97 Å². The number of halogens is 1. The van der Waals surface area contributed by atoms with E-state index in [0.717, 1.165) is 9.13 Å². The molecule has 0 saturated carbocycles. The van der Waals surface area contributed by atoms with E-state index in [9.17, 15) is 14.7 Å². The summed E-state index contributed by atoms with van der Waals surface area (Å²) in [5, 5.41) is 9.68. The topological polar surface area (TPSA) is 66.8 Å². The Morgan fingerprint density at radius 3 is 2.57 bits per heavy atom. The summed E-state index contributed by atoms with van der Waals surface area (Å²) >= 11 is 2.03. The zero-order chi connectivity index (χ0) is 16.8. The molecule has 23 heavy (non-hydrogen) atoms. The number of nitrogens with zero attached hydrogens (tertiary/aromatic N) is 1. The molecule has 0 spiro atoms. The maximum absolute atomic E-state index is 12.0. The van der Waals surface area contributed by atoms with E-state index in [2.05, 4.69) is 0 Å². The summed E-state index contributed by atoms with van der Waals surface area (Å²) in [4.78, 5) is 25.4. The Hall–Kier alpha value is -2.09. The summed E-state index contributed by atoms with van der Waals surface area (Å²) in [6, 6.07) is 14.1. The molecule has 120 valence electrons. The van der Waals surface area contributed by atoms with Crippen molar-refractivity contribution in [3.05, 3.63) is 63.2 Å². The van der Waals surface area contributed by atoms with Crippen molar-refractivity contribution in [1.29, 1.82) is 0 Å². The van der Waals surface area contributed by atoms with Gasteiger partial charge in [0.05, 0.1) is 0 Å². The molecule has 0 saturated heterocycles. The van der Waals surface area contributed by atoms with Gasteiger partial charge in [-0.25, -0.2) is 4.79 Å². The van der Waals surface area contributed by atoms with Gasteiger partial charge in [0, 0.05) is 17.2 Å². The minimum absolute atomic E-state index is 0.0513. The Morgan fingerprint density at radius 2 is 1.87 bits per heavy atom. The molecule has 2 aromatic rings. The van der Waals surface area contributed by atoms with E-state index in [0.29, 0.717) is 6.54 Å². The molecule has 0 aliphatic rings. The third-order valence-corrected chi connectivity index (χ3v) is 3.86. The summed E-state index contributed by atoms with van der Waals surface area (Å²) in [5.41, 5.74) is 1.04. The Balaban J connectivity index is 1.90. The first-order valence-corrected chi connectivity index (χ1v) is 7.99. The van der Waals surface area contributed by atoms with Crippen LogP contribution in [0.3, 0.4) is 0 Å². The Kier molecular flexibility index (Phi) is 5.97. The second kappa shape index (κ2) is 7.96. The quantitative estimate of drug-likeness (QED) is 0.591. The molecule has 6 heteroatoms. The molecule has 0 fully saturated rings. The predicted octanol–water partition coefficient (Wildman–Crippen LogP) is 2.81. The van der Waals surface area contributed by atoms with Gasteiger partial charge in [-0.2, -0.15) is 0 Å². The summed E-state index contributed by atoms with van der Waals surface area (Å²) in [6.45, 7) is 0.0682. The zero-order valence-electron chi connectivity index (χ0n) is 12.5. The second-order valence-corrected chi connectivity index (χ2v) is 6.22. The Labute approximate surface area is 148 Å². The van der Waals surface area contributed by atoms with Crippen molar-refractivity contribution >= 4 is 34.5 Å². The summed E-state index contributed by atoms with van der Waals surface area (Å²) in [6.07, 6.45) is 0. The number of benzene rings is 2. The van der Waals surface area contributed by atoms with Crippen LogP contribution < -0.4 is 0 Å². The van der Waals surface area contributed by atoms with Crippen LogP contribution in [0.4, 0.5) is 0 Å². The van der Waals surface area contributed by atoms with E-state index in [1.807, 2.05) is 52.9 Å². The fourth-order valence-corrected chi connectivity index (χ4v) is 2.42. The fraction of sp³-hybridized carbons (Fsp3) is 0.176. The van der Waals surface area contributed by atoms with E-state index >= 15 is 0 Å². The maximum atomic E-state index is 12.0. The van der Waals surface area contributed by atoms with Gasteiger partial charge in [-0.15, -0.1) is 0 Å². The number of phenols is 1. The zero-order valence-corrected chi connectivity index (χ0v) is 14.7. The van der Waals surface area contributed by atoms with Crippen molar-refractivity contribution in [2.24, 2.45) is 0 Å². The monoisotopic (exact) mass is 425 g/mol. The number of esters is 1. The molecule has 0 atom stereocenters. The largest absolute Gasteiger partial charge is 0.507 e. The van der Waals surface area contributed by atoms with Crippen LogP contribution in [-0.2, 0) is 16.1 Å². The number of carbonyl (C=O) groups excluding carboxylic acids is 2. The number of likely N-dealkylation sites (N-methyl/N-ethyl adjacent to an activating group) is 1. The van der Waals surface area contributed by atoms with E-state index in [1.165, 1.54) is 17.0 Å². The van der Waals surface area contributed by atoms with Crippen molar-refractivity contribution in [1.82, 2.24) is 4.90 Å². The summed E-state index contributed by atoms with van der Waals surface area (Å²) < 4.78 is 5.78. The molecule has 0 bridgehead atoms. The van der Waals surface area contributed by atoms with Gasteiger partial charge in [0.2, 0.25) is 0 Å². The lowest BCUT2D eigenvalue weighted by atomic mass is 10.2. The average molecular weight is 425 g/mol. The highest BCUT2D eigenvalue weighted by Gasteiger charge is 2.16. The van der Waals surface area contributed by atoms with Crippen molar-refractivity contribution in [3.63, 3.8) is 0 Å². The standard InChI is InChI=1S/C17H16INO4/c1-19(10-12-5-3-2-4-6-12)16(21)11-23-17(22)14-9-13(18)7-8-15(14)20/h2-9,20H,10-11H2,1H3. The van der Waals surface area contributed by atoms with Gasteiger partial charge in [-0.3, -0.25) is 4.79 Å². The van der Waals surface area contributed by atoms with Crippen molar-refractivity contribution in [2.75, 3.05) is 13.7 Å². The van der Waals surface area contributed by atoms with Crippen LogP contribution in [0.5, 0.6) is 5.75 Å². The molecule has 0 unspecified atom stereocenters. The number of rotatable bonds is 5. The highest BCUT2D eigenvalue weighted by molar-refractivity contribution is 14.1. The average Bonchev–Trinajstić information content (AvgIpc) is 2.55. The fourth-order valence-electron chi connectivity index (χ4n) is 1.93. The number of aromatic hydroxyl groups is 1. The Morgan fingerprint density at radius 1 is 1.17 bits per heavy atom. The number of hydrogen-bond donors (Lipinski definition) is 1. The van der Waals surface area contributed by atoms with Crippen LogP contribution in [-0.4, -0.2) is 35.5 Å². The molecular formula is C17H16INO4. The highest BCUT2D eigenvalue weighted by atomic mass is 127. The van der Waals surface area contributed by atoms with Crippen molar-refractivity contribution < 1.29 is 19.4 Å². The molecule has 5 nitrogen and oxygen atoms in total. The molecule has 1 N–H and O–H groups in total. The van der Waals surface area contributed by atoms with Crippen LogP contribution in [0.1, 0.15) is 15.9 Å². The van der Waals surface area contributed by atoms with Crippen LogP contribution in [0, 0.1) is 3.57 Å². The lowest BCUT2D eigenvalue weighted by Gasteiger charge is -2.17. The summed E-state index contributed by atoms with van der Waals surface area (Å²) in [7, 11) is 1.64. The lowest BCUT2D eigenvalue weighted by molar-refractivity contribution is -0.133. The van der Waals surface area contributed by atoms with Gasteiger partial charge < -0.3 is 14.7 Å². The van der Waals surface area contributed by atoms with Crippen LogP contribution in [0.2, 0.25) is 0 Å². The second-order valence-electron chi connectivity index (χ2n) is 4.97. The molecule has 0 aliphatic carbocycles. The molecule has 2 aromatic carbocycles.